The molecular weight excluding hydrogens is 695 g/mol. The van der Waals surface area contributed by atoms with E-state index in [4.69, 9.17) is 19.4 Å². The molecule has 0 atom stereocenters. The molecule has 0 aliphatic rings. The van der Waals surface area contributed by atoms with Crippen LogP contribution in [-0.2, 0) is 0 Å². The molecule has 0 saturated carbocycles. The first-order chi connectivity index (χ1) is 28.2. The second-order valence-electron chi connectivity index (χ2n) is 14.3. The van der Waals surface area contributed by atoms with Gasteiger partial charge in [-0.15, -0.1) is 0 Å². The monoisotopic (exact) mass is 727 g/mol. The lowest BCUT2D eigenvalue weighted by Gasteiger charge is -2.13. The topological polar surface area (TPSA) is 51.8 Å². The van der Waals surface area contributed by atoms with Crippen LogP contribution in [0.1, 0.15) is 0 Å². The SMILES string of the molecule is c1ccc(-c2ccc(-c3cc(-c4cc(-c5nc6ccccc6c6ccccc56)cc5c4oc4c(-c6ccccc6)cccc45)nc(-c4ccccc4)n3)cc2)cc1. The lowest BCUT2D eigenvalue weighted by atomic mass is 9.95. The van der Waals surface area contributed by atoms with Gasteiger partial charge in [-0.1, -0.05) is 176 Å². The van der Waals surface area contributed by atoms with Gasteiger partial charge in [-0.2, -0.15) is 0 Å². The van der Waals surface area contributed by atoms with Crippen LogP contribution in [0.4, 0.5) is 0 Å². The van der Waals surface area contributed by atoms with E-state index in [1.54, 1.807) is 0 Å². The second kappa shape index (κ2) is 13.6. The van der Waals surface area contributed by atoms with Crippen molar-refractivity contribution in [2.75, 3.05) is 0 Å². The predicted molar refractivity (Wildman–Crippen MR) is 235 cm³/mol. The fourth-order valence-electron chi connectivity index (χ4n) is 8.11. The molecule has 8 aromatic carbocycles. The molecule has 266 valence electrons. The number of nitrogens with zero attached hydrogens (tertiary/aromatic N) is 3. The Morgan fingerprint density at radius 3 is 1.61 bits per heavy atom. The van der Waals surface area contributed by atoms with Crippen molar-refractivity contribution in [3.63, 3.8) is 0 Å². The van der Waals surface area contributed by atoms with Crippen LogP contribution in [-0.4, -0.2) is 15.0 Å². The van der Waals surface area contributed by atoms with E-state index in [0.29, 0.717) is 5.82 Å². The summed E-state index contributed by atoms with van der Waals surface area (Å²) < 4.78 is 7.05. The number of aromatic nitrogens is 3. The third-order valence-corrected chi connectivity index (χ3v) is 10.9. The normalized spacial score (nSPS) is 11.5. The lowest BCUT2D eigenvalue weighted by molar-refractivity contribution is 0.671. The number of fused-ring (bicyclic) bond motifs is 6. The second-order valence-corrected chi connectivity index (χ2v) is 14.3. The Hall–Kier alpha value is -7.69. The van der Waals surface area contributed by atoms with Crippen molar-refractivity contribution in [1.82, 2.24) is 15.0 Å². The number of hydrogen-bond acceptors (Lipinski definition) is 4. The van der Waals surface area contributed by atoms with Crippen molar-refractivity contribution in [3.8, 4) is 67.4 Å². The van der Waals surface area contributed by atoms with Gasteiger partial charge in [-0.3, -0.25) is 0 Å². The van der Waals surface area contributed by atoms with E-state index in [-0.39, 0.29) is 0 Å². The summed E-state index contributed by atoms with van der Waals surface area (Å²) in [5, 5.41) is 5.42. The maximum Gasteiger partial charge on any atom is 0.160 e. The van der Waals surface area contributed by atoms with Crippen LogP contribution in [0.3, 0.4) is 0 Å². The Bertz CT molecular complexity index is 3260. The molecule has 4 heteroatoms. The highest BCUT2D eigenvalue weighted by Crippen LogP contribution is 2.44. The average molecular weight is 728 g/mol. The standard InChI is InChI=1S/C53H33N3O/c1-4-15-34(16-5-1)35-27-29-37(30-28-35)48-33-49(56-53(55-48)38-19-8-3-9-20-38)46-32-39(50-43-23-11-10-21-41(43)42-22-12-13-26-47(42)54-50)31-45-44-25-14-24-40(51(44)57-52(45)46)36-17-6-2-7-18-36/h1-33H. The molecule has 11 rings (SSSR count). The van der Waals surface area contributed by atoms with Gasteiger partial charge in [0, 0.05) is 49.4 Å². The van der Waals surface area contributed by atoms with Crippen molar-refractivity contribution in [3.05, 3.63) is 200 Å². The minimum Gasteiger partial charge on any atom is -0.455 e. The van der Waals surface area contributed by atoms with Gasteiger partial charge < -0.3 is 4.42 Å². The van der Waals surface area contributed by atoms with Crippen LogP contribution in [0.25, 0.3) is 111 Å². The summed E-state index contributed by atoms with van der Waals surface area (Å²) in [4.78, 5) is 15.8. The molecular formula is C53H33N3O. The summed E-state index contributed by atoms with van der Waals surface area (Å²) in [6, 6.07) is 69.6. The number of furan rings is 1. The van der Waals surface area contributed by atoms with Crippen molar-refractivity contribution in [1.29, 1.82) is 0 Å². The molecule has 3 heterocycles. The highest BCUT2D eigenvalue weighted by Gasteiger charge is 2.22. The van der Waals surface area contributed by atoms with Crippen molar-refractivity contribution >= 4 is 43.6 Å². The zero-order chi connectivity index (χ0) is 37.7. The summed E-state index contributed by atoms with van der Waals surface area (Å²) in [5.41, 5.74) is 13.3. The molecule has 4 nitrogen and oxygen atoms in total. The van der Waals surface area contributed by atoms with Gasteiger partial charge in [0.2, 0.25) is 0 Å². The van der Waals surface area contributed by atoms with Gasteiger partial charge in [-0.05, 0) is 46.3 Å². The fraction of sp³-hybridized carbons (Fsp3) is 0. The van der Waals surface area contributed by atoms with E-state index < -0.39 is 0 Å². The molecule has 3 aromatic heterocycles. The third kappa shape index (κ3) is 5.74. The summed E-state index contributed by atoms with van der Waals surface area (Å²) in [6.45, 7) is 0. The number of pyridine rings is 1. The van der Waals surface area contributed by atoms with Crippen LogP contribution in [0.5, 0.6) is 0 Å². The van der Waals surface area contributed by atoms with Crippen LogP contribution in [0.2, 0.25) is 0 Å². The summed E-state index contributed by atoms with van der Waals surface area (Å²) >= 11 is 0. The molecule has 0 saturated heterocycles. The van der Waals surface area contributed by atoms with Crippen LogP contribution >= 0.6 is 0 Å². The Labute approximate surface area is 329 Å². The molecule has 0 radical (unpaired) electrons. The zero-order valence-electron chi connectivity index (χ0n) is 30.8. The first kappa shape index (κ1) is 32.7. The zero-order valence-corrected chi connectivity index (χ0v) is 30.8. The lowest BCUT2D eigenvalue weighted by Crippen LogP contribution is -1.97. The van der Waals surface area contributed by atoms with Crippen molar-refractivity contribution < 1.29 is 4.42 Å². The van der Waals surface area contributed by atoms with Gasteiger partial charge in [0.1, 0.15) is 11.2 Å². The Balaban J connectivity index is 1.20. The molecule has 0 amide bonds. The van der Waals surface area contributed by atoms with Gasteiger partial charge in [-0.25, -0.2) is 15.0 Å². The average Bonchev–Trinajstić information content (AvgIpc) is 3.68. The van der Waals surface area contributed by atoms with Crippen LogP contribution in [0.15, 0.2) is 205 Å². The Morgan fingerprint density at radius 2 is 0.860 bits per heavy atom. The number of para-hydroxylation sites is 2. The van der Waals surface area contributed by atoms with E-state index in [9.17, 15) is 0 Å². The molecule has 0 N–H and O–H groups in total. The number of hydrogen-bond donors (Lipinski definition) is 0. The predicted octanol–water partition coefficient (Wildman–Crippen LogP) is 14.1. The van der Waals surface area contributed by atoms with Crippen molar-refractivity contribution in [2.24, 2.45) is 0 Å². The van der Waals surface area contributed by atoms with Crippen LogP contribution < -0.4 is 0 Å². The molecule has 11 aromatic rings. The number of rotatable bonds is 6. The molecule has 0 unspecified atom stereocenters. The summed E-state index contributed by atoms with van der Waals surface area (Å²) in [7, 11) is 0. The molecule has 57 heavy (non-hydrogen) atoms. The van der Waals surface area contributed by atoms with Gasteiger partial charge in [0.15, 0.2) is 5.82 Å². The maximum absolute atomic E-state index is 7.05. The molecule has 0 aliphatic heterocycles. The third-order valence-electron chi connectivity index (χ3n) is 10.9. The highest BCUT2D eigenvalue weighted by molar-refractivity contribution is 6.16. The molecule has 0 aliphatic carbocycles. The minimum atomic E-state index is 0.643. The van der Waals surface area contributed by atoms with Crippen LogP contribution in [0, 0.1) is 0 Å². The largest absolute Gasteiger partial charge is 0.455 e. The number of benzene rings is 8. The minimum absolute atomic E-state index is 0.643. The van der Waals surface area contributed by atoms with Crippen molar-refractivity contribution in [2.45, 2.75) is 0 Å². The van der Waals surface area contributed by atoms with Gasteiger partial charge in [0.25, 0.3) is 0 Å². The first-order valence-corrected chi connectivity index (χ1v) is 19.2. The van der Waals surface area contributed by atoms with Gasteiger partial charge in [0.05, 0.1) is 22.6 Å². The smallest absolute Gasteiger partial charge is 0.160 e. The fourth-order valence-corrected chi connectivity index (χ4v) is 8.11. The highest BCUT2D eigenvalue weighted by atomic mass is 16.3. The molecule has 0 bridgehead atoms. The van der Waals surface area contributed by atoms with E-state index in [1.807, 2.05) is 30.3 Å². The van der Waals surface area contributed by atoms with E-state index in [1.165, 1.54) is 5.56 Å². The summed E-state index contributed by atoms with van der Waals surface area (Å²) in [5.74, 6) is 0.643. The van der Waals surface area contributed by atoms with E-state index in [2.05, 4.69) is 170 Å². The van der Waals surface area contributed by atoms with Gasteiger partial charge >= 0.3 is 0 Å². The maximum atomic E-state index is 7.05. The van der Waals surface area contributed by atoms with E-state index >= 15 is 0 Å². The van der Waals surface area contributed by atoms with E-state index in [0.717, 1.165) is 99.6 Å². The molecule has 0 fully saturated rings. The first-order valence-electron chi connectivity index (χ1n) is 19.2. The summed E-state index contributed by atoms with van der Waals surface area (Å²) in [6.07, 6.45) is 0. The Kier molecular flexibility index (Phi) is 7.78. The Morgan fingerprint density at radius 1 is 0.298 bits per heavy atom. The molecule has 0 spiro atoms. The quantitative estimate of drug-likeness (QED) is 0.160.